The van der Waals surface area contributed by atoms with Crippen LogP contribution < -0.4 is 5.32 Å². The number of hydrogen-bond acceptors (Lipinski definition) is 2. The number of para-hydroxylation sites is 1. The number of aliphatic hydroxyl groups excluding tert-OH is 1. The molecule has 0 saturated carbocycles. The minimum absolute atomic E-state index is 0.0431. The molecule has 0 fully saturated rings. The average molecular weight is 247 g/mol. The maximum absolute atomic E-state index is 12.7. The fourth-order valence-electron chi connectivity index (χ4n) is 1.27. The van der Waals surface area contributed by atoms with Crippen molar-refractivity contribution in [3.8, 4) is 0 Å². The molecule has 1 rings (SSSR count). The molecule has 0 aromatic heterocycles. The van der Waals surface area contributed by atoms with Gasteiger partial charge in [0.15, 0.2) is 0 Å². The van der Waals surface area contributed by atoms with Crippen LogP contribution in [0.2, 0.25) is 0 Å². The molecule has 0 spiro atoms. The monoisotopic (exact) mass is 247 g/mol. The molecule has 1 aromatic rings. The van der Waals surface area contributed by atoms with Crippen LogP contribution in [0.1, 0.15) is 19.4 Å². The van der Waals surface area contributed by atoms with Crippen LogP contribution >= 0.6 is 0 Å². The van der Waals surface area contributed by atoms with Crippen molar-refractivity contribution >= 4 is 5.69 Å². The Morgan fingerprint density at radius 2 is 1.76 bits per heavy atom. The standard InChI is InChI=1S/C12H16F3NO/c1-11(2,8-17)7-16-10-6-4-3-5-9(10)12(13,14)15/h3-6,16-17H,7-8H2,1-2H3. The van der Waals surface area contributed by atoms with E-state index in [9.17, 15) is 13.2 Å². The van der Waals surface area contributed by atoms with Crippen LogP contribution in [0.3, 0.4) is 0 Å². The second-order valence-electron chi connectivity index (χ2n) is 4.72. The highest BCUT2D eigenvalue weighted by Crippen LogP contribution is 2.34. The molecular formula is C12H16F3NO. The zero-order valence-electron chi connectivity index (χ0n) is 9.80. The zero-order chi connectivity index (χ0) is 13.1. The summed E-state index contributed by atoms with van der Waals surface area (Å²) < 4.78 is 38.0. The molecule has 17 heavy (non-hydrogen) atoms. The van der Waals surface area contributed by atoms with Gasteiger partial charge < -0.3 is 10.4 Å². The minimum atomic E-state index is -4.37. The van der Waals surface area contributed by atoms with Crippen molar-refractivity contribution in [2.24, 2.45) is 5.41 Å². The van der Waals surface area contributed by atoms with Gasteiger partial charge in [-0.2, -0.15) is 13.2 Å². The predicted molar refractivity (Wildman–Crippen MR) is 60.8 cm³/mol. The molecule has 0 aliphatic carbocycles. The summed E-state index contributed by atoms with van der Waals surface area (Å²) in [4.78, 5) is 0. The molecule has 2 N–H and O–H groups in total. The van der Waals surface area contributed by atoms with E-state index < -0.39 is 17.2 Å². The van der Waals surface area contributed by atoms with Gasteiger partial charge in [0.1, 0.15) is 0 Å². The third kappa shape index (κ3) is 3.93. The van der Waals surface area contributed by atoms with Crippen molar-refractivity contribution in [1.82, 2.24) is 0 Å². The molecular weight excluding hydrogens is 231 g/mol. The second kappa shape index (κ2) is 4.96. The first kappa shape index (κ1) is 13.8. The van der Waals surface area contributed by atoms with Crippen molar-refractivity contribution < 1.29 is 18.3 Å². The number of rotatable bonds is 4. The van der Waals surface area contributed by atoms with E-state index in [0.29, 0.717) is 0 Å². The average Bonchev–Trinajstić information content (AvgIpc) is 2.26. The van der Waals surface area contributed by atoms with Crippen LogP contribution in [-0.4, -0.2) is 18.3 Å². The lowest BCUT2D eigenvalue weighted by atomic mass is 9.95. The number of halogens is 3. The molecule has 5 heteroatoms. The topological polar surface area (TPSA) is 32.3 Å². The van der Waals surface area contributed by atoms with Crippen molar-refractivity contribution in [2.45, 2.75) is 20.0 Å². The molecule has 2 nitrogen and oxygen atoms in total. The van der Waals surface area contributed by atoms with Crippen LogP contribution in [-0.2, 0) is 6.18 Å². The van der Waals surface area contributed by atoms with Gasteiger partial charge in [-0.3, -0.25) is 0 Å². The number of aliphatic hydroxyl groups is 1. The van der Waals surface area contributed by atoms with E-state index in [4.69, 9.17) is 5.11 Å². The number of benzene rings is 1. The highest BCUT2D eigenvalue weighted by atomic mass is 19.4. The molecule has 1 aromatic carbocycles. The normalized spacial score (nSPS) is 12.6. The summed E-state index contributed by atoms with van der Waals surface area (Å²) in [6, 6.07) is 5.32. The maximum atomic E-state index is 12.7. The summed E-state index contributed by atoms with van der Waals surface area (Å²) in [5.41, 5.74) is -1.10. The third-order valence-electron chi connectivity index (χ3n) is 2.42. The first-order valence-corrected chi connectivity index (χ1v) is 5.27. The smallest absolute Gasteiger partial charge is 0.396 e. The lowest BCUT2D eigenvalue weighted by Gasteiger charge is -2.24. The largest absolute Gasteiger partial charge is 0.418 e. The number of alkyl halides is 3. The van der Waals surface area contributed by atoms with E-state index in [1.807, 2.05) is 0 Å². The van der Waals surface area contributed by atoms with Crippen molar-refractivity contribution in [1.29, 1.82) is 0 Å². The summed E-state index contributed by atoms with van der Waals surface area (Å²) in [5, 5.41) is 11.8. The van der Waals surface area contributed by atoms with E-state index in [-0.39, 0.29) is 18.8 Å². The Hall–Kier alpha value is -1.23. The Balaban J connectivity index is 2.85. The van der Waals surface area contributed by atoms with Crippen LogP contribution in [0.15, 0.2) is 24.3 Å². The van der Waals surface area contributed by atoms with E-state index in [1.165, 1.54) is 12.1 Å². The Labute approximate surface area is 98.5 Å². The molecule has 0 saturated heterocycles. The van der Waals surface area contributed by atoms with E-state index in [0.717, 1.165) is 6.07 Å². The summed E-state index contributed by atoms with van der Waals surface area (Å²) in [6.07, 6.45) is -4.37. The molecule has 0 heterocycles. The summed E-state index contributed by atoms with van der Waals surface area (Å²) in [7, 11) is 0. The van der Waals surface area contributed by atoms with Gasteiger partial charge in [0, 0.05) is 24.3 Å². The predicted octanol–water partition coefficient (Wildman–Crippen LogP) is 3.14. The van der Waals surface area contributed by atoms with Crippen molar-refractivity contribution in [3.05, 3.63) is 29.8 Å². The fraction of sp³-hybridized carbons (Fsp3) is 0.500. The third-order valence-corrected chi connectivity index (χ3v) is 2.42. The quantitative estimate of drug-likeness (QED) is 0.856. The zero-order valence-corrected chi connectivity index (χ0v) is 9.80. The molecule has 0 amide bonds. The Morgan fingerprint density at radius 3 is 2.29 bits per heavy atom. The first-order valence-electron chi connectivity index (χ1n) is 5.27. The van der Waals surface area contributed by atoms with Gasteiger partial charge in [-0.05, 0) is 12.1 Å². The van der Waals surface area contributed by atoms with Gasteiger partial charge in [-0.1, -0.05) is 26.0 Å². The number of nitrogens with one attached hydrogen (secondary N) is 1. The Morgan fingerprint density at radius 1 is 1.18 bits per heavy atom. The number of hydrogen-bond donors (Lipinski definition) is 2. The maximum Gasteiger partial charge on any atom is 0.418 e. The van der Waals surface area contributed by atoms with E-state index in [1.54, 1.807) is 19.9 Å². The molecule has 0 bridgehead atoms. The van der Waals surface area contributed by atoms with E-state index >= 15 is 0 Å². The van der Waals surface area contributed by atoms with Gasteiger partial charge in [0.05, 0.1) is 5.56 Å². The van der Waals surface area contributed by atoms with Crippen LogP contribution in [0.4, 0.5) is 18.9 Å². The summed E-state index contributed by atoms with van der Waals surface area (Å²) in [6.45, 7) is 3.73. The lowest BCUT2D eigenvalue weighted by molar-refractivity contribution is -0.137. The molecule has 0 aliphatic rings. The Kier molecular flexibility index (Phi) is 4.03. The van der Waals surface area contributed by atoms with Crippen LogP contribution in [0, 0.1) is 5.41 Å². The van der Waals surface area contributed by atoms with Gasteiger partial charge in [-0.15, -0.1) is 0 Å². The van der Waals surface area contributed by atoms with Gasteiger partial charge in [-0.25, -0.2) is 0 Å². The Bertz CT molecular complexity index is 374. The summed E-state index contributed by atoms with van der Waals surface area (Å²) >= 11 is 0. The second-order valence-corrected chi connectivity index (χ2v) is 4.72. The van der Waals surface area contributed by atoms with Crippen LogP contribution in [0.25, 0.3) is 0 Å². The molecule has 0 unspecified atom stereocenters. The SMILES string of the molecule is CC(C)(CO)CNc1ccccc1C(F)(F)F. The van der Waals surface area contributed by atoms with Gasteiger partial charge in [0.25, 0.3) is 0 Å². The van der Waals surface area contributed by atoms with Gasteiger partial charge >= 0.3 is 6.18 Å². The molecule has 96 valence electrons. The lowest BCUT2D eigenvalue weighted by Crippen LogP contribution is -2.27. The van der Waals surface area contributed by atoms with Crippen molar-refractivity contribution in [2.75, 3.05) is 18.5 Å². The first-order chi connectivity index (χ1) is 7.76. The van der Waals surface area contributed by atoms with Gasteiger partial charge in [0.2, 0.25) is 0 Å². The fourth-order valence-corrected chi connectivity index (χ4v) is 1.27. The molecule has 0 radical (unpaired) electrons. The van der Waals surface area contributed by atoms with Crippen molar-refractivity contribution in [3.63, 3.8) is 0 Å². The molecule has 0 aliphatic heterocycles. The number of anilines is 1. The summed E-state index contributed by atoms with van der Waals surface area (Å²) in [5.74, 6) is 0. The highest BCUT2D eigenvalue weighted by molar-refractivity contribution is 5.52. The minimum Gasteiger partial charge on any atom is -0.396 e. The van der Waals surface area contributed by atoms with Crippen LogP contribution in [0.5, 0.6) is 0 Å². The van der Waals surface area contributed by atoms with E-state index in [2.05, 4.69) is 5.32 Å². The molecule has 0 atom stereocenters. The highest BCUT2D eigenvalue weighted by Gasteiger charge is 2.33.